The van der Waals surface area contributed by atoms with Gasteiger partial charge in [0.25, 0.3) is 0 Å². The number of ether oxygens (including phenoxy) is 1. The fourth-order valence-corrected chi connectivity index (χ4v) is 1.98. The molecule has 1 aliphatic carbocycles. The molecule has 0 amide bonds. The summed E-state index contributed by atoms with van der Waals surface area (Å²) < 4.78 is 18.7. The van der Waals surface area contributed by atoms with E-state index in [0.29, 0.717) is 11.3 Å². The molecule has 82 valence electrons. The van der Waals surface area contributed by atoms with Crippen LogP contribution in [0.4, 0.5) is 4.39 Å². The zero-order valence-corrected chi connectivity index (χ0v) is 8.58. The van der Waals surface area contributed by atoms with Crippen molar-refractivity contribution < 1.29 is 14.2 Å². The smallest absolute Gasteiger partial charge is 0.127 e. The zero-order valence-electron chi connectivity index (χ0n) is 8.58. The minimum absolute atomic E-state index is 0.154. The van der Waals surface area contributed by atoms with E-state index in [-0.39, 0.29) is 18.5 Å². The van der Waals surface area contributed by atoms with Gasteiger partial charge in [0.05, 0.1) is 12.7 Å². The largest absolute Gasteiger partial charge is 0.490 e. The second-order valence-corrected chi connectivity index (χ2v) is 3.98. The van der Waals surface area contributed by atoms with E-state index in [1.165, 1.54) is 25.0 Å². The van der Waals surface area contributed by atoms with Gasteiger partial charge in [-0.25, -0.2) is 4.39 Å². The van der Waals surface area contributed by atoms with Crippen molar-refractivity contribution in [3.8, 4) is 5.75 Å². The van der Waals surface area contributed by atoms with E-state index in [1.54, 1.807) is 6.07 Å². The summed E-state index contributed by atoms with van der Waals surface area (Å²) >= 11 is 0. The maximum atomic E-state index is 13.1. The third-order valence-electron chi connectivity index (χ3n) is 2.72. The number of rotatable bonds is 3. The molecule has 0 bridgehead atoms. The van der Waals surface area contributed by atoms with Crippen LogP contribution in [0.1, 0.15) is 31.2 Å². The molecule has 1 N–H and O–H groups in total. The molecule has 0 atom stereocenters. The van der Waals surface area contributed by atoms with Crippen LogP contribution in [0.15, 0.2) is 18.2 Å². The Morgan fingerprint density at radius 3 is 2.67 bits per heavy atom. The van der Waals surface area contributed by atoms with Gasteiger partial charge in [-0.15, -0.1) is 0 Å². The van der Waals surface area contributed by atoms with Gasteiger partial charge in [-0.2, -0.15) is 0 Å². The number of hydrogen-bond acceptors (Lipinski definition) is 2. The van der Waals surface area contributed by atoms with Gasteiger partial charge in [0, 0.05) is 6.07 Å². The Labute approximate surface area is 88.7 Å². The van der Waals surface area contributed by atoms with Crippen molar-refractivity contribution in [1.29, 1.82) is 0 Å². The summed E-state index contributed by atoms with van der Waals surface area (Å²) in [6, 6.07) is 4.39. The SMILES string of the molecule is OCc1cc(F)cc(OC2CCCC2)c1. The fraction of sp³-hybridized carbons (Fsp3) is 0.500. The van der Waals surface area contributed by atoms with E-state index in [0.717, 1.165) is 12.8 Å². The molecule has 0 heterocycles. The normalized spacial score (nSPS) is 16.9. The van der Waals surface area contributed by atoms with E-state index in [9.17, 15) is 4.39 Å². The maximum absolute atomic E-state index is 13.1. The van der Waals surface area contributed by atoms with E-state index in [2.05, 4.69) is 0 Å². The molecule has 3 heteroatoms. The minimum Gasteiger partial charge on any atom is -0.490 e. The predicted octanol–water partition coefficient (Wildman–Crippen LogP) is 2.64. The van der Waals surface area contributed by atoms with E-state index in [4.69, 9.17) is 9.84 Å². The second kappa shape index (κ2) is 4.62. The summed E-state index contributed by atoms with van der Waals surface area (Å²) in [7, 11) is 0. The van der Waals surface area contributed by atoms with Crippen LogP contribution in [0.25, 0.3) is 0 Å². The first-order valence-corrected chi connectivity index (χ1v) is 5.35. The quantitative estimate of drug-likeness (QED) is 0.831. The molecule has 1 aliphatic rings. The number of aliphatic hydroxyl groups excluding tert-OH is 1. The molecule has 1 aromatic carbocycles. The number of aliphatic hydroxyl groups is 1. The molecule has 1 fully saturated rings. The first-order chi connectivity index (χ1) is 7.28. The summed E-state index contributed by atoms with van der Waals surface area (Å²) in [5, 5.41) is 8.93. The minimum atomic E-state index is -0.352. The van der Waals surface area contributed by atoms with Gasteiger partial charge in [-0.1, -0.05) is 0 Å². The van der Waals surface area contributed by atoms with Crippen LogP contribution in [0.2, 0.25) is 0 Å². The van der Waals surface area contributed by atoms with Crippen molar-refractivity contribution in [2.45, 2.75) is 38.4 Å². The molecule has 0 spiro atoms. The molecule has 15 heavy (non-hydrogen) atoms. The third kappa shape index (κ3) is 2.69. The molecule has 0 saturated heterocycles. The van der Waals surface area contributed by atoms with Gasteiger partial charge in [0.2, 0.25) is 0 Å². The highest BCUT2D eigenvalue weighted by Gasteiger charge is 2.16. The van der Waals surface area contributed by atoms with Crippen LogP contribution in [0.5, 0.6) is 5.75 Å². The molecule has 1 aromatic rings. The molecule has 0 aromatic heterocycles. The first kappa shape index (κ1) is 10.4. The number of halogens is 1. The molecule has 0 unspecified atom stereocenters. The summed E-state index contributed by atoms with van der Waals surface area (Å²) in [6.45, 7) is -0.154. The Kier molecular flexibility index (Phi) is 3.21. The lowest BCUT2D eigenvalue weighted by atomic mass is 10.2. The van der Waals surface area contributed by atoms with Crippen molar-refractivity contribution in [2.75, 3.05) is 0 Å². The molecular weight excluding hydrogens is 195 g/mol. The average molecular weight is 210 g/mol. The Morgan fingerprint density at radius 2 is 2.00 bits per heavy atom. The molecule has 2 nitrogen and oxygen atoms in total. The Hall–Kier alpha value is -1.09. The van der Waals surface area contributed by atoms with E-state index < -0.39 is 0 Å². The summed E-state index contributed by atoms with van der Waals surface area (Å²) in [5.41, 5.74) is 0.558. The van der Waals surface area contributed by atoms with Crippen LogP contribution in [0.3, 0.4) is 0 Å². The van der Waals surface area contributed by atoms with Crippen molar-refractivity contribution in [2.24, 2.45) is 0 Å². The van der Waals surface area contributed by atoms with Gasteiger partial charge in [-0.05, 0) is 43.4 Å². The summed E-state index contributed by atoms with van der Waals surface area (Å²) in [4.78, 5) is 0. The number of benzene rings is 1. The van der Waals surface area contributed by atoms with Gasteiger partial charge in [0.15, 0.2) is 0 Å². The average Bonchev–Trinajstić information content (AvgIpc) is 2.69. The first-order valence-electron chi connectivity index (χ1n) is 5.35. The Bertz CT molecular complexity index is 332. The van der Waals surface area contributed by atoms with Crippen molar-refractivity contribution in [3.05, 3.63) is 29.6 Å². The Balaban J connectivity index is 2.09. The van der Waals surface area contributed by atoms with Crippen LogP contribution in [0, 0.1) is 5.82 Å². The lowest BCUT2D eigenvalue weighted by molar-refractivity contribution is 0.208. The third-order valence-corrected chi connectivity index (χ3v) is 2.72. The lowest BCUT2D eigenvalue weighted by Crippen LogP contribution is -2.11. The fourth-order valence-electron chi connectivity index (χ4n) is 1.98. The highest BCUT2D eigenvalue weighted by Crippen LogP contribution is 2.25. The standard InChI is InChI=1S/C12H15FO2/c13-10-5-9(8-14)6-12(7-10)15-11-3-1-2-4-11/h5-7,11,14H,1-4,8H2. The maximum Gasteiger partial charge on any atom is 0.127 e. The van der Waals surface area contributed by atoms with Crippen molar-refractivity contribution >= 4 is 0 Å². The zero-order chi connectivity index (χ0) is 10.7. The van der Waals surface area contributed by atoms with Crippen LogP contribution >= 0.6 is 0 Å². The van der Waals surface area contributed by atoms with Crippen molar-refractivity contribution in [3.63, 3.8) is 0 Å². The highest BCUT2D eigenvalue weighted by molar-refractivity contribution is 5.29. The van der Waals surface area contributed by atoms with Gasteiger partial charge in [0.1, 0.15) is 11.6 Å². The molecule has 1 saturated carbocycles. The molecule has 2 rings (SSSR count). The van der Waals surface area contributed by atoms with Crippen LogP contribution in [-0.4, -0.2) is 11.2 Å². The monoisotopic (exact) mass is 210 g/mol. The van der Waals surface area contributed by atoms with Gasteiger partial charge < -0.3 is 9.84 Å². The number of hydrogen-bond donors (Lipinski definition) is 1. The topological polar surface area (TPSA) is 29.5 Å². The molecule has 0 radical (unpaired) electrons. The van der Waals surface area contributed by atoms with Gasteiger partial charge >= 0.3 is 0 Å². The van der Waals surface area contributed by atoms with Crippen molar-refractivity contribution in [1.82, 2.24) is 0 Å². The summed E-state index contributed by atoms with van der Waals surface area (Å²) in [6.07, 6.45) is 4.69. The Morgan fingerprint density at radius 1 is 1.27 bits per heavy atom. The molecule has 0 aliphatic heterocycles. The van der Waals surface area contributed by atoms with E-state index >= 15 is 0 Å². The highest BCUT2D eigenvalue weighted by atomic mass is 19.1. The summed E-state index contributed by atoms with van der Waals surface area (Å²) in [5.74, 6) is 0.181. The second-order valence-electron chi connectivity index (χ2n) is 3.98. The van der Waals surface area contributed by atoms with Crippen LogP contribution in [-0.2, 0) is 6.61 Å². The van der Waals surface area contributed by atoms with E-state index in [1.807, 2.05) is 0 Å². The predicted molar refractivity (Wildman–Crippen MR) is 55.2 cm³/mol. The van der Waals surface area contributed by atoms with Gasteiger partial charge in [-0.3, -0.25) is 0 Å². The molecular formula is C12H15FO2. The lowest BCUT2D eigenvalue weighted by Gasteiger charge is -2.13. The van der Waals surface area contributed by atoms with Crippen LogP contribution < -0.4 is 4.74 Å².